The largest absolute Gasteiger partial charge is 0.454 e. The third kappa shape index (κ3) is 2.16. The second-order valence-corrected chi connectivity index (χ2v) is 5.90. The number of hydrogen-bond acceptors (Lipinski definition) is 4. The summed E-state index contributed by atoms with van der Waals surface area (Å²) in [5.74, 6) is 2.70. The summed E-state index contributed by atoms with van der Waals surface area (Å²) in [4.78, 5) is 13.9. The van der Waals surface area contributed by atoms with Crippen LogP contribution >= 0.6 is 11.8 Å². The number of benzene rings is 1. The number of nitrogens with zero attached hydrogens (tertiary/aromatic N) is 1. The van der Waals surface area contributed by atoms with Gasteiger partial charge in [-0.1, -0.05) is 13.0 Å². The SMILES string of the molecule is CC[C@@H]1CS[C@H](c2ccc3c(c2)OCO3)N1C(C)=O. The molecule has 2 heterocycles. The molecule has 5 heteroatoms. The van der Waals surface area contributed by atoms with Crippen molar-refractivity contribution in [3.8, 4) is 11.5 Å². The predicted octanol–water partition coefficient (Wildman–Crippen LogP) is 2.79. The van der Waals surface area contributed by atoms with Gasteiger partial charge in [0.1, 0.15) is 5.37 Å². The van der Waals surface area contributed by atoms with E-state index in [0.717, 1.165) is 29.2 Å². The number of carbonyl (C=O) groups excluding carboxylic acids is 1. The minimum atomic E-state index is 0.0944. The minimum absolute atomic E-state index is 0.0944. The summed E-state index contributed by atoms with van der Waals surface area (Å²) < 4.78 is 10.7. The number of ether oxygens (including phenoxy) is 2. The molecule has 0 unspecified atom stereocenters. The lowest BCUT2D eigenvalue weighted by atomic mass is 10.1. The predicted molar refractivity (Wildman–Crippen MR) is 74.4 cm³/mol. The molecule has 19 heavy (non-hydrogen) atoms. The zero-order chi connectivity index (χ0) is 13.4. The van der Waals surface area contributed by atoms with E-state index in [1.165, 1.54) is 0 Å². The van der Waals surface area contributed by atoms with E-state index in [4.69, 9.17) is 9.47 Å². The quantitative estimate of drug-likeness (QED) is 0.834. The van der Waals surface area contributed by atoms with Gasteiger partial charge in [-0.25, -0.2) is 0 Å². The number of hydrogen-bond donors (Lipinski definition) is 0. The molecule has 2 aliphatic heterocycles. The van der Waals surface area contributed by atoms with E-state index >= 15 is 0 Å². The summed E-state index contributed by atoms with van der Waals surface area (Å²) in [7, 11) is 0. The Hall–Kier alpha value is -1.36. The fourth-order valence-corrected chi connectivity index (χ4v) is 4.24. The van der Waals surface area contributed by atoms with Gasteiger partial charge in [-0.15, -0.1) is 11.8 Å². The molecule has 0 saturated carbocycles. The van der Waals surface area contributed by atoms with Gasteiger partial charge in [0.2, 0.25) is 12.7 Å². The average Bonchev–Trinajstić information content (AvgIpc) is 3.03. The zero-order valence-corrected chi connectivity index (χ0v) is 11.9. The Morgan fingerprint density at radius 3 is 2.95 bits per heavy atom. The fourth-order valence-electron chi connectivity index (χ4n) is 2.61. The van der Waals surface area contributed by atoms with Crippen LogP contribution in [0.15, 0.2) is 18.2 Å². The number of amides is 1. The van der Waals surface area contributed by atoms with Crippen LogP contribution in [0.1, 0.15) is 31.2 Å². The normalized spacial score (nSPS) is 24.8. The average molecular weight is 279 g/mol. The fraction of sp³-hybridized carbons (Fsp3) is 0.500. The van der Waals surface area contributed by atoms with Crippen LogP contribution in [-0.2, 0) is 4.79 Å². The summed E-state index contributed by atoms with van der Waals surface area (Å²) in [5, 5.41) is 0.0944. The van der Waals surface area contributed by atoms with Gasteiger partial charge >= 0.3 is 0 Å². The van der Waals surface area contributed by atoms with Crippen molar-refractivity contribution < 1.29 is 14.3 Å². The molecule has 1 aromatic carbocycles. The van der Waals surface area contributed by atoms with E-state index in [-0.39, 0.29) is 18.1 Å². The number of carbonyl (C=O) groups is 1. The third-order valence-corrected chi connectivity index (χ3v) is 5.00. The molecule has 102 valence electrons. The van der Waals surface area contributed by atoms with Crippen LogP contribution < -0.4 is 9.47 Å². The van der Waals surface area contributed by atoms with Crippen LogP contribution in [0.25, 0.3) is 0 Å². The van der Waals surface area contributed by atoms with Crippen molar-refractivity contribution in [3.63, 3.8) is 0 Å². The van der Waals surface area contributed by atoms with Crippen molar-refractivity contribution in [1.82, 2.24) is 4.90 Å². The van der Waals surface area contributed by atoms with Gasteiger partial charge in [0, 0.05) is 18.7 Å². The standard InChI is InChI=1S/C14H17NO3S/c1-3-11-7-19-14(15(11)9(2)16)10-4-5-12-13(6-10)18-8-17-12/h4-6,11,14H,3,7-8H2,1-2H3/t11-,14-/m1/s1. The van der Waals surface area contributed by atoms with Crippen molar-refractivity contribution in [2.24, 2.45) is 0 Å². The smallest absolute Gasteiger partial charge is 0.231 e. The van der Waals surface area contributed by atoms with E-state index in [1.807, 2.05) is 34.9 Å². The van der Waals surface area contributed by atoms with Crippen LogP contribution in [0.2, 0.25) is 0 Å². The van der Waals surface area contributed by atoms with Crippen molar-refractivity contribution >= 4 is 17.7 Å². The molecule has 2 atom stereocenters. The monoisotopic (exact) mass is 279 g/mol. The molecule has 0 radical (unpaired) electrons. The molecule has 0 aliphatic carbocycles. The molecule has 0 aromatic heterocycles. The molecule has 0 N–H and O–H groups in total. The highest BCUT2D eigenvalue weighted by Crippen LogP contribution is 2.44. The van der Waals surface area contributed by atoms with Crippen LogP contribution in [0.5, 0.6) is 11.5 Å². The van der Waals surface area contributed by atoms with E-state index in [1.54, 1.807) is 6.92 Å². The highest BCUT2D eigenvalue weighted by atomic mass is 32.2. The zero-order valence-electron chi connectivity index (χ0n) is 11.1. The molecule has 4 nitrogen and oxygen atoms in total. The van der Waals surface area contributed by atoms with Gasteiger partial charge in [-0.3, -0.25) is 4.79 Å². The second-order valence-electron chi connectivity index (χ2n) is 4.79. The first-order chi connectivity index (χ1) is 9.20. The lowest BCUT2D eigenvalue weighted by molar-refractivity contribution is -0.131. The summed E-state index contributed by atoms with van der Waals surface area (Å²) in [6.07, 6.45) is 0.994. The van der Waals surface area contributed by atoms with E-state index in [9.17, 15) is 4.79 Å². The first-order valence-electron chi connectivity index (χ1n) is 6.50. The number of fused-ring (bicyclic) bond motifs is 1. The Bertz CT molecular complexity index is 505. The molecule has 1 aromatic rings. The first-order valence-corrected chi connectivity index (χ1v) is 7.55. The van der Waals surface area contributed by atoms with Crippen LogP contribution in [0, 0.1) is 0 Å². The molecular weight excluding hydrogens is 262 g/mol. The molecule has 1 saturated heterocycles. The van der Waals surface area contributed by atoms with Gasteiger partial charge in [0.15, 0.2) is 11.5 Å². The van der Waals surface area contributed by atoms with Gasteiger partial charge in [0.25, 0.3) is 0 Å². The van der Waals surface area contributed by atoms with Crippen molar-refractivity contribution in [3.05, 3.63) is 23.8 Å². The van der Waals surface area contributed by atoms with Gasteiger partial charge < -0.3 is 14.4 Å². The summed E-state index contributed by atoms with van der Waals surface area (Å²) in [5.41, 5.74) is 1.11. The van der Waals surface area contributed by atoms with Crippen LogP contribution in [-0.4, -0.2) is 29.4 Å². The minimum Gasteiger partial charge on any atom is -0.454 e. The molecule has 1 fully saturated rings. The molecule has 2 aliphatic rings. The van der Waals surface area contributed by atoms with E-state index < -0.39 is 0 Å². The van der Waals surface area contributed by atoms with Crippen molar-refractivity contribution in [2.75, 3.05) is 12.5 Å². The number of rotatable bonds is 2. The molecule has 0 bridgehead atoms. The highest BCUT2D eigenvalue weighted by Gasteiger charge is 2.36. The molecule has 0 spiro atoms. The van der Waals surface area contributed by atoms with Gasteiger partial charge in [-0.2, -0.15) is 0 Å². The Labute approximate surface area is 117 Å². The lowest BCUT2D eigenvalue weighted by Gasteiger charge is -2.28. The maximum absolute atomic E-state index is 11.9. The molecular formula is C14H17NO3S. The maximum atomic E-state index is 11.9. The second kappa shape index (κ2) is 4.96. The van der Waals surface area contributed by atoms with E-state index in [2.05, 4.69) is 6.92 Å². The Morgan fingerprint density at radius 2 is 2.21 bits per heavy atom. The Morgan fingerprint density at radius 1 is 1.42 bits per heavy atom. The van der Waals surface area contributed by atoms with Crippen LogP contribution in [0.3, 0.4) is 0 Å². The van der Waals surface area contributed by atoms with Crippen molar-refractivity contribution in [1.29, 1.82) is 0 Å². The summed E-state index contributed by atoms with van der Waals surface area (Å²) in [6.45, 7) is 4.06. The molecule has 3 rings (SSSR count). The lowest BCUT2D eigenvalue weighted by Crippen LogP contribution is -2.36. The summed E-state index contributed by atoms with van der Waals surface area (Å²) in [6, 6.07) is 6.28. The van der Waals surface area contributed by atoms with Gasteiger partial charge in [0.05, 0.1) is 0 Å². The topological polar surface area (TPSA) is 38.8 Å². The third-order valence-electron chi connectivity index (χ3n) is 3.61. The number of thioether (sulfide) groups is 1. The molecule has 1 amide bonds. The Kier molecular flexibility index (Phi) is 3.31. The maximum Gasteiger partial charge on any atom is 0.231 e. The Balaban J connectivity index is 1.91. The van der Waals surface area contributed by atoms with Crippen LogP contribution in [0.4, 0.5) is 0 Å². The highest BCUT2D eigenvalue weighted by molar-refractivity contribution is 7.99. The first kappa shape index (κ1) is 12.7. The van der Waals surface area contributed by atoms with E-state index in [0.29, 0.717) is 6.04 Å². The summed E-state index contributed by atoms with van der Waals surface area (Å²) >= 11 is 1.82. The van der Waals surface area contributed by atoms with Crippen molar-refractivity contribution in [2.45, 2.75) is 31.7 Å². The van der Waals surface area contributed by atoms with Gasteiger partial charge in [-0.05, 0) is 24.1 Å².